The minimum Gasteiger partial charge on any atom is -0.311 e. The van der Waals surface area contributed by atoms with Crippen LogP contribution in [0.15, 0.2) is 41.3 Å². The summed E-state index contributed by atoms with van der Waals surface area (Å²) in [5, 5.41) is 7.46. The zero-order chi connectivity index (χ0) is 15.2. The molecule has 0 radical (unpaired) electrons. The Morgan fingerprint density at radius 2 is 2.00 bits per heavy atom. The van der Waals surface area contributed by atoms with E-state index in [2.05, 4.69) is 41.6 Å². The normalized spacial score (nSPS) is 12.3. The van der Waals surface area contributed by atoms with Crippen LogP contribution in [0.4, 0.5) is 0 Å². The van der Waals surface area contributed by atoms with Gasteiger partial charge in [-0.1, -0.05) is 37.6 Å². The van der Waals surface area contributed by atoms with E-state index in [9.17, 15) is 4.79 Å². The number of hydrogen-bond acceptors (Lipinski definition) is 3. The third-order valence-electron chi connectivity index (χ3n) is 3.63. The van der Waals surface area contributed by atoms with Crippen LogP contribution in [0.25, 0.3) is 0 Å². The van der Waals surface area contributed by atoms with E-state index in [1.807, 2.05) is 14.0 Å². The Hall–Kier alpha value is -1.94. The fourth-order valence-electron chi connectivity index (χ4n) is 2.40. The van der Waals surface area contributed by atoms with E-state index in [4.69, 9.17) is 0 Å². The van der Waals surface area contributed by atoms with E-state index in [0.717, 1.165) is 18.4 Å². The van der Waals surface area contributed by atoms with Crippen molar-refractivity contribution in [3.63, 3.8) is 0 Å². The summed E-state index contributed by atoms with van der Waals surface area (Å²) in [4.78, 5) is 11.9. The highest BCUT2D eigenvalue weighted by Crippen LogP contribution is 2.15. The third kappa shape index (κ3) is 4.02. The van der Waals surface area contributed by atoms with Crippen molar-refractivity contribution in [3.8, 4) is 0 Å². The van der Waals surface area contributed by atoms with Crippen molar-refractivity contribution in [2.75, 3.05) is 7.05 Å². The third-order valence-corrected chi connectivity index (χ3v) is 3.63. The molecule has 0 aliphatic rings. The minimum absolute atomic E-state index is 0.0575. The monoisotopic (exact) mass is 285 g/mol. The van der Waals surface area contributed by atoms with Gasteiger partial charge in [0.25, 0.3) is 5.56 Å². The molecule has 1 heterocycles. The second-order valence-electron chi connectivity index (χ2n) is 5.39. The Labute approximate surface area is 125 Å². The van der Waals surface area contributed by atoms with E-state index in [-0.39, 0.29) is 11.6 Å². The van der Waals surface area contributed by atoms with Crippen LogP contribution in [0.2, 0.25) is 0 Å². The first-order chi connectivity index (χ1) is 10.1. The molecular formula is C17H23N3O. The second kappa shape index (κ2) is 7.18. The van der Waals surface area contributed by atoms with Gasteiger partial charge in [-0.15, -0.1) is 0 Å². The Kier molecular flexibility index (Phi) is 5.28. The van der Waals surface area contributed by atoms with Crippen LogP contribution in [0.5, 0.6) is 0 Å². The smallest absolute Gasteiger partial charge is 0.267 e. The molecule has 1 N–H and O–H groups in total. The fourth-order valence-corrected chi connectivity index (χ4v) is 2.40. The molecule has 0 saturated heterocycles. The fraction of sp³-hybridized carbons (Fsp3) is 0.412. The molecule has 4 heteroatoms. The van der Waals surface area contributed by atoms with Crippen molar-refractivity contribution < 1.29 is 0 Å². The van der Waals surface area contributed by atoms with Crippen LogP contribution >= 0.6 is 0 Å². The van der Waals surface area contributed by atoms with E-state index in [1.165, 1.54) is 15.8 Å². The van der Waals surface area contributed by atoms with Gasteiger partial charge in [-0.05, 0) is 37.1 Å². The standard InChI is InChI=1S/C17H23N3O/c1-4-5-14-6-8-15(9-7-14)16(18-3)12-20-17(21)10-13(2)11-19-20/h6-11,16,18H,4-5,12H2,1-3H3. The van der Waals surface area contributed by atoms with Gasteiger partial charge in [0.1, 0.15) is 0 Å². The summed E-state index contributed by atoms with van der Waals surface area (Å²) >= 11 is 0. The summed E-state index contributed by atoms with van der Waals surface area (Å²) in [6.45, 7) is 4.59. The molecule has 112 valence electrons. The maximum Gasteiger partial charge on any atom is 0.267 e. The number of nitrogens with zero attached hydrogens (tertiary/aromatic N) is 2. The summed E-state index contributed by atoms with van der Waals surface area (Å²) in [5.41, 5.74) is 3.35. The predicted molar refractivity (Wildman–Crippen MR) is 85.5 cm³/mol. The number of rotatable bonds is 6. The molecule has 1 unspecified atom stereocenters. The Balaban J connectivity index is 2.17. The van der Waals surface area contributed by atoms with Gasteiger partial charge in [-0.25, -0.2) is 4.68 Å². The molecule has 2 rings (SSSR count). The molecule has 2 aromatic rings. The Morgan fingerprint density at radius 1 is 1.29 bits per heavy atom. The lowest BCUT2D eigenvalue weighted by Crippen LogP contribution is -2.30. The van der Waals surface area contributed by atoms with Gasteiger partial charge in [0.15, 0.2) is 0 Å². The van der Waals surface area contributed by atoms with Crippen LogP contribution in [0.3, 0.4) is 0 Å². The summed E-state index contributed by atoms with van der Waals surface area (Å²) in [6.07, 6.45) is 3.97. The molecule has 4 nitrogen and oxygen atoms in total. The van der Waals surface area contributed by atoms with Crippen molar-refractivity contribution in [1.82, 2.24) is 15.1 Å². The molecule has 1 aromatic carbocycles. The van der Waals surface area contributed by atoms with Crippen molar-refractivity contribution >= 4 is 0 Å². The summed E-state index contributed by atoms with van der Waals surface area (Å²) in [6, 6.07) is 10.3. The molecule has 1 atom stereocenters. The number of aryl methyl sites for hydroxylation is 2. The van der Waals surface area contributed by atoms with Crippen molar-refractivity contribution in [3.05, 3.63) is 63.6 Å². The van der Waals surface area contributed by atoms with Gasteiger partial charge < -0.3 is 5.32 Å². The van der Waals surface area contributed by atoms with E-state index < -0.39 is 0 Å². The summed E-state index contributed by atoms with van der Waals surface area (Å²) < 4.78 is 1.51. The zero-order valence-electron chi connectivity index (χ0n) is 13.0. The zero-order valence-corrected chi connectivity index (χ0v) is 13.0. The van der Waals surface area contributed by atoms with Crippen LogP contribution in [0, 0.1) is 6.92 Å². The lowest BCUT2D eigenvalue weighted by molar-refractivity contribution is 0.451. The molecule has 0 amide bonds. The van der Waals surface area contributed by atoms with Gasteiger partial charge in [0.2, 0.25) is 0 Å². The molecular weight excluding hydrogens is 262 g/mol. The average molecular weight is 285 g/mol. The van der Waals surface area contributed by atoms with Crippen LogP contribution in [-0.4, -0.2) is 16.8 Å². The lowest BCUT2D eigenvalue weighted by Gasteiger charge is -2.17. The highest BCUT2D eigenvalue weighted by atomic mass is 16.1. The Morgan fingerprint density at radius 3 is 2.57 bits per heavy atom. The molecule has 0 fully saturated rings. The highest BCUT2D eigenvalue weighted by molar-refractivity contribution is 5.25. The molecule has 1 aromatic heterocycles. The van der Waals surface area contributed by atoms with Crippen molar-refractivity contribution in [2.45, 2.75) is 39.3 Å². The van der Waals surface area contributed by atoms with E-state index >= 15 is 0 Å². The minimum atomic E-state index is -0.0575. The van der Waals surface area contributed by atoms with Gasteiger partial charge >= 0.3 is 0 Å². The molecule has 0 spiro atoms. The van der Waals surface area contributed by atoms with Crippen molar-refractivity contribution in [1.29, 1.82) is 0 Å². The second-order valence-corrected chi connectivity index (χ2v) is 5.39. The molecule has 0 bridgehead atoms. The topological polar surface area (TPSA) is 46.9 Å². The van der Waals surface area contributed by atoms with Crippen molar-refractivity contribution in [2.24, 2.45) is 0 Å². The largest absolute Gasteiger partial charge is 0.311 e. The maximum absolute atomic E-state index is 11.9. The first-order valence-corrected chi connectivity index (χ1v) is 7.44. The van der Waals surface area contributed by atoms with Crippen LogP contribution in [0.1, 0.15) is 36.1 Å². The Bertz CT molecular complexity index is 631. The first kappa shape index (κ1) is 15.4. The number of aromatic nitrogens is 2. The van der Waals surface area contributed by atoms with Gasteiger partial charge in [0, 0.05) is 6.07 Å². The van der Waals surface area contributed by atoms with Crippen LogP contribution < -0.4 is 10.9 Å². The number of nitrogens with one attached hydrogen (secondary N) is 1. The predicted octanol–water partition coefficient (Wildman–Crippen LogP) is 2.46. The van der Waals surface area contributed by atoms with Crippen LogP contribution in [-0.2, 0) is 13.0 Å². The number of hydrogen-bond donors (Lipinski definition) is 1. The number of likely N-dealkylation sites (N-methyl/N-ethyl adjacent to an activating group) is 1. The molecule has 0 saturated carbocycles. The number of benzene rings is 1. The maximum atomic E-state index is 11.9. The molecule has 0 aliphatic heterocycles. The SMILES string of the molecule is CCCc1ccc(C(Cn2ncc(C)cc2=O)NC)cc1. The highest BCUT2D eigenvalue weighted by Gasteiger charge is 2.11. The average Bonchev–Trinajstić information content (AvgIpc) is 2.48. The van der Waals surface area contributed by atoms with Gasteiger partial charge in [-0.3, -0.25) is 4.79 Å². The first-order valence-electron chi connectivity index (χ1n) is 7.44. The summed E-state index contributed by atoms with van der Waals surface area (Å²) in [5.74, 6) is 0. The lowest BCUT2D eigenvalue weighted by atomic mass is 10.0. The quantitative estimate of drug-likeness (QED) is 0.887. The van der Waals surface area contributed by atoms with E-state index in [1.54, 1.807) is 12.3 Å². The van der Waals surface area contributed by atoms with Gasteiger partial charge in [0.05, 0.1) is 18.8 Å². The molecule has 21 heavy (non-hydrogen) atoms. The molecule has 0 aliphatic carbocycles. The van der Waals surface area contributed by atoms with E-state index in [0.29, 0.717) is 6.54 Å². The summed E-state index contributed by atoms with van der Waals surface area (Å²) in [7, 11) is 1.91. The van der Waals surface area contributed by atoms with Gasteiger partial charge in [-0.2, -0.15) is 5.10 Å².